The lowest BCUT2D eigenvalue weighted by Gasteiger charge is -2.30. The summed E-state index contributed by atoms with van der Waals surface area (Å²) in [6.07, 6.45) is 8.43. The Morgan fingerprint density at radius 3 is 2.61 bits per heavy atom. The van der Waals surface area contributed by atoms with Crippen LogP contribution in [0.1, 0.15) is 31.3 Å². The number of hydrogen-bond acceptors (Lipinski definition) is 8. The van der Waals surface area contributed by atoms with Crippen molar-refractivity contribution >= 4 is 45.6 Å². The molecular formula is C28H36N4O5S. The standard InChI is InChI=1S/C28H36N4O5S/c1-28(2,3)24(19-31-27(33)34)37-16-14-35-13-15-36-21-10-11-22-23(17-21)38-26(32-22)8-6-5-7-20-9-12-25(29-4)30-18-20/h5-12,17-18,24,31H,13-16,19H2,1-4H3,(H,29,30)(H,33,34)/b7-5+,8-6+. The summed E-state index contributed by atoms with van der Waals surface area (Å²) in [6, 6.07) is 9.79. The maximum absolute atomic E-state index is 10.8. The lowest BCUT2D eigenvalue weighted by Crippen LogP contribution is -2.41. The number of pyridine rings is 1. The number of aromatic nitrogens is 2. The maximum Gasteiger partial charge on any atom is 0.404 e. The number of carboxylic acid groups (broad SMARTS) is 1. The molecule has 3 rings (SSSR count). The quantitative estimate of drug-likeness (QED) is 0.180. The van der Waals surface area contributed by atoms with Gasteiger partial charge in [0.15, 0.2) is 0 Å². The molecule has 1 unspecified atom stereocenters. The number of rotatable bonds is 14. The molecule has 10 heteroatoms. The van der Waals surface area contributed by atoms with Crippen LogP contribution in [0.2, 0.25) is 0 Å². The summed E-state index contributed by atoms with van der Waals surface area (Å²) in [6.45, 7) is 7.88. The first kappa shape index (κ1) is 29.1. The van der Waals surface area contributed by atoms with Crippen LogP contribution in [0, 0.1) is 5.41 Å². The summed E-state index contributed by atoms with van der Waals surface area (Å²) in [5, 5.41) is 15.1. The van der Waals surface area contributed by atoms with Crippen LogP contribution in [0.15, 0.2) is 48.7 Å². The van der Waals surface area contributed by atoms with Crippen molar-refractivity contribution < 1.29 is 24.1 Å². The smallest absolute Gasteiger partial charge is 0.404 e. The van der Waals surface area contributed by atoms with Crippen LogP contribution in [0.5, 0.6) is 5.75 Å². The summed E-state index contributed by atoms with van der Waals surface area (Å²) in [5.41, 5.74) is 1.76. The number of thiazole rings is 1. The Balaban J connectivity index is 1.39. The molecule has 0 fully saturated rings. The number of hydrogen-bond donors (Lipinski definition) is 3. The summed E-state index contributed by atoms with van der Waals surface area (Å²) >= 11 is 1.60. The number of anilines is 1. The Morgan fingerprint density at radius 2 is 1.89 bits per heavy atom. The number of nitrogens with zero attached hydrogens (tertiary/aromatic N) is 2. The van der Waals surface area contributed by atoms with E-state index in [4.69, 9.17) is 19.3 Å². The summed E-state index contributed by atoms with van der Waals surface area (Å²) in [5.74, 6) is 1.60. The van der Waals surface area contributed by atoms with E-state index in [2.05, 4.69) is 20.6 Å². The fourth-order valence-corrected chi connectivity index (χ4v) is 4.31. The predicted octanol–water partition coefficient (Wildman–Crippen LogP) is 5.55. The summed E-state index contributed by atoms with van der Waals surface area (Å²) < 4.78 is 18.3. The van der Waals surface area contributed by atoms with Gasteiger partial charge in [-0.1, -0.05) is 39.0 Å². The molecule has 1 amide bonds. The fraction of sp³-hybridized carbons (Fsp3) is 0.393. The van der Waals surface area contributed by atoms with Gasteiger partial charge in [-0.2, -0.15) is 0 Å². The van der Waals surface area contributed by atoms with Gasteiger partial charge in [-0.3, -0.25) is 0 Å². The zero-order valence-electron chi connectivity index (χ0n) is 22.3. The van der Waals surface area contributed by atoms with E-state index in [9.17, 15) is 4.79 Å². The predicted molar refractivity (Wildman–Crippen MR) is 153 cm³/mol. The van der Waals surface area contributed by atoms with Crippen molar-refractivity contribution in [2.45, 2.75) is 26.9 Å². The molecule has 1 atom stereocenters. The molecule has 0 spiro atoms. The van der Waals surface area contributed by atoms with Crippen LogP contribution in [0.4, 0.5) is 10.6 Å². The minimum atomic E-state index is -1.06. The van der Waals surface area contributed by atoms with Gasteiger partial charge < -0.3 is 30.0 Å². The zero-order valence-corrected chi connectivity index (χ0v) is 23.1. The molecule has 38 heavy (non-hydrogen) atoms. The monoisotopic (exact) mass is 540 g/mol. The average molecular weight is 541 g/mol. The number of carbonyl (C=O) groups is 1. The van der Waals surface area contributed by atoms with Crippen molar-refractivity contribution in [3.05, 3.63) is 59.3 Å². The van der Waals surface area contributed by atoms with Gasteiger partial charge in [0.2, 0.25) is 0 Å². The van der Waals surface area contributed by atoms with E-state index in [1.165, 1.54) is 0 Å². The van der Waals surface area contributed by atoms with Gasteiger partial charge in [0.25, 0.3) is 0 Å². The van der Waals surface area contributed by atoms with E-state index in [1.807, 2.05) is 88.7 Å². The first-order valence-corrected chi connectivity index (χ1v) is 13.2. The molecule has 0 radical (unpaired) electrons. The molecule has 1 aromatic carbocycles. The topological polar surface area (TPSA) is 115 Å². The summed E-state index contributed by atoms with van der Waals surface area (Å²) in [7, 11) is 1.84. The van der Waals surface area contributed by atoms with E-state index < -0.39 is 6.09 Å². The molecule has 3 aromatic rings. The highest BCUT2D eigenvalue weighted by atomic mass is 32.1. The molecule has 2 heterocycles. The zero-order chi connectivity index (χ0) is 27.4. The number of nitrogens with one attached hydrogen (secondary N) is 2. The number of benzene rings is 1. The minimum Gasteiger partial charge on any atom is -0.491 e. The molecule has 0 aliphatic heterocycles. The number of fused-ring (bicyclic) bond motifs is 1. The van der Waals surface area contributed by atoms with E-state index in [0.29, 0.717) is 26.4 Å². The second-order valence-electron chi connectivity index (χ2n) is 9.50. The normalized spacial score (nSPS) is 12.8. The molecule has 0 saturated heterocycles. The third-order valence-electron chi connectivity index (χ3n) is 5.51. The van der Waals surface area contributed by atoms with Crippen molar-refractivity contribution in [1.82, 2.24) is 15.3 Å². The lowest BCUT2D eigenvalue weighted by molar-refractivity contribution is -0.0435. The van der Waals surface area contributed by atoms with Crippen LogP contribution >= 0.6 is 11.3 Å². The van der Waals surface area contributed by atoms with Crippen molar-refractivity contribution in [1.29, 1.82) is 0 Å². The Labute approximate surface area is 227 Å². The van der Waals surface area contributed by atoms with E-state index in [0.717, 1.165) is 32.4 Å². The van der Waals surface area contributed by atoms with Crippen LogP contribution in [-0.2, 0) is 9.47 Å². The Kier molecular flexibility index (Phi) is 11.1. The Hall–Kier alpha value is -3.47. The molecule has 9 nitrogen and oxygen atoms in total. The summed E-state index contributed by atoms with van der Waals surface area (Å²) in [4.78, 5) is 19.7. The highest BCUT2D eigenvalue weighted by Crippen LogP contribution is 2.27. The second-order valence-corrected chi connectivity index (χ2v) is 10.6. The van der Waals surface area contributed by atoms with Crippen molar-refractivity contribution in [2.24, 2.45) is 5.41 Å². The number of amides is 1. The number of allylic oxidation sites excluding steroid dienone is 2. The van der Waals surface area contributed by atoms with Gasteiger partial charge in [-0.25, -0.2) is 14.8 Å². The van der Waals surface area contributed by atoms with E-state index in [1.54, 1.807) is 11.3 Å². The van der Waals surface area contributed by atoms with E-state index in [-0.39, 0.29) is 18.1 Å². The molecule has 3 N–H and O–H groups in total. The molecule has 0 saturated carbocycles. The molecular weight excluding hydrogens is 504 g/mol. The third-order valence-corrected chi connectivity index (χ3v) is 6.49. The van der Waals surface area contributed by atoms with Crippen LogP contribution < -0.4 is 15.4 Å². The van der Waals surface area contributed by atoms with Gasteiger partial charge >= 0.3 is 6.09 Å². The SMILES string of the molecule is CNc1ccc(/C=C/C=C/c2nc3ccc(OCCOCCOC(CNC(=O)O)C(C)(C)C)cc3s2)cn1. The first-order chi connectivity index (χ1) is 18.2. The fourth-order valence-electron chi connectivity index (χ4n) is 3.41. The average Bonchev–Trinajstić information content (AvgIpc) is 3.29. The van der Waals surface area contributed by atoms with Crippen LogP contribution in [0.25, 0.3) is 22.4 Å². The van der Waals surface area contributed by atoms with Gasteiger partial charge in [0, 0.05) is 19.8 Å². The van der Waals surface area contributed by atoms with Crippen LogP contribution in [-0.4, -0.2) is 67.3 Å². The molecule has 0 aliphatic rings. The second kappa shape index (κ2) is 14.5. The van der Waals surface area contributed by atoms with Gasteiger partial charge in [0.1, 0.15) is 23.2 Å². The first-order valence-electron chi connectivity index (χ1n) is 12.4. The van der Waals surface area contributed by atoms with Gasteiger partial charge in [-0.05, 0) is 47.4 Å². The van der Waals surface area contributed by atoms with Crippen molar-refractivity contribution in [2.75, 3.05) is 45.3 Å². The van der Waals surface area contributed by atoms with Crippen molar-refractivity contribution in [3.8, 4) is 5.75 Å². The highest BCUT2D eigenvalue weighted by Gasteiger charge is 2.25. The van der Waals surface area contributed by atoms with Gasteiger partial charge in [-0.15, -0.1) is 11.3 Å². The van der Waals surface area contributed by atoms with Gasteiger partial charge in [0.05, 0.1) is 36.1 Å². The third kappa shape index (κ3) is 9.77. The molecule has 2 aromatic heterocycles. The molecule has 204 valence electrons. The Bertz CT molecular complexity index is 1220. The Morgan fingerprint density at radius 1 is 1.11 bits per heavy atom. The highest BCUT2D eigenvalue weighted by molar-refractivity contribution is 7.19. The maximum atomic E-state index is 10.8. The van der Waals surface area contributed by atoms with E-state index >= 15 is 0 Å². The minimum absolute atomic E-state index is 0.190. The van der Waals surface area contributed by atoms with Crippen LogP contribution in [0.3, 0.4) is 0 Å². The largest absolute Gasteiger partial charge is 0.491 e. The van der Waals surface area contributed by atoms with Crippen molar-refractivity contribution in [3.63, 3.8) is 0 Å². The lowest BCUT2D eigenvalue weighted by atomic mass is 9.89. The molecule has 0 aliphatic carbocycles. The number of ether oxygens (including phenoxy) is 3. The molecule has 0 bridgehead atoms.